The number of hydrogen-bond donors (Lipinski definition) is 0. The van der Waals surface area contributed by atoms with Gasteiger partial charge >= 0.3 is 5.51 Å². The van der Waals surface area contributed by atoms with Crippen LogP contribution in [0.25, 0.3) is 5.69 Å². The van der Waals surface area contributed by atoms with Crippen LogP contribution >= 0.6 is 0 Å². The number of allylic oxidation sites excluding steroid dienone is 1. The van der Waals surface area contributed by atoms with Gasteiger partial charge in [-0.15, -0.1) is 0 Å². The van der Waals surface area contributed by atoms with Crippen molar-refractivity contribution in [3.05, 3.63) is 64.7 Å². The maximum absolute atomic E-state index is 12.7. The summed E-state index contributed by atoms with van der Waals surface area (Å²) in [4.78, 5) is 24.5. The Hall–Kier alpha value is -2.95. The van der Waals surface area contributed by atoms with Crippen LogP contribution in [0, 0.1) is 0 Å². The first kappa shape index (κ1) is 20.4. The van der Waals surface area contributed by atoms with Gasteiger partial charge in [-0.1, -0.05) is 6.07 Å². The van der Waals surface area contributed by atoms with Gasteiger partial charge in [-0.05, 0) is 18.2 Å². The Labute approximate surface area is 152 Å². The van der Waals surface area contributed by atoms with Gasteiger partial charge in [0.1, 0.15) is 0 Å². The third-order valence-corrected chi connectivity index (χ3v) is 4.75. The van der Waals surface area contributed by atoms with Gasteiger partial charge in [0.05, 0.1) is 10.6 Å². The number of carbonyl (C=O) groups excluding carboxylic acids is 1. The van der Waals surface area contributed by atoms with E-state index < -0.39 is 37.1 Å². The molecule has 1 heterocycles. The van der Waals surface area contributed by atoms with Crippen LogP contribution in [0.1, 0.15) is 10.5 Å². The van der Waals surface area contributed by atoms with Crippen LogP contribution in [-0.4, -0.2) is 48.5 Å². The fraction of sp³-hybridized carbons (Fsp3) is 0.188. The van der Waals surface area contributed by atoms with Crippen LogP contribution < -0.4 is 5.43 Å². The highest BCUT2D eigenvalue weighted by atomic mass is 32.2. The average Bonchev–Trinajstić information content (AvgIpc) is 2.59. The van der Waals surface area contributed by atoms with Gasteiger partial charge in [0.25, 0.3) is 9.84 Å². The number of carbonyl (C=O) groups is 1. The van der Waals surface area contributed by atoms with Crippen molar-refractivity contribution >= 4 is 15.6 Å². The lowest BCUT2D eigenvalue weighted by molar-refractivity contribution is -0.0436. The lowest BCUT2D eigenvalue weighted by Gasteiger charge is -2.11. The second-order valence-electron chi connectivity index (χ2n) is 5.56. The van der Waals surface area contributed by atoms with Crippen LogP contribution in [0.3, 0.4) is 0 Å². The molecule has 0 fully saturated rings. The van der Waals surface area contributed by atoms with E-state index >= 15 is 0 Å². The highest BCUT2D eigenvalue weighted by Gasteiger charge is 2.46. The zero-order valence-corrected chi connectivity index (χ0v) is 15.0. The molecular weight excluding hydrogens is 387 g/mol. The van der Waals surface area contributed by atoms with E-state index in [1.54, 1.807) is 19.0 Å². The first-order valence-electron chi connectivity index (χ1n) is 7.34. The molecule has 0 spiro atoms. The second kappa shape index (κ2) is 7.35. The Kier molecular flexibility index (Phi) is 5.54. The van der Waals surface area contributed by atoms with Crippen molar-refractivity contribution in [2.75, 3.05) is 14.1 Å². The molecule has 0 aliphatic carbocycles. The third-order valence-electron chi connectivity index (χ3n) is 3.26. The van der Waals surface area contributed by atoms with Gasteiger partial charge in [0.15, 0.2) is 5.69 Å². The van der Waals surface area contributed by atoms with Gasteiger partial charge in [0, 0.05) is 38.6 Å². The predicted molar refractivity (Wildman–Crippen MR) is 90.2 cm³/mol. The minimum absolute atomic E-state index is 0.0639. The number of sulfone groups is 1. The van der Waals surface area contributed by atoms with E-state index in [0.717, 1.165) is 41.2 Å². The average molecular weight is 401 g/mol. The first-order chi connectivity index (χ1) is 12.4. The highest BCUT2D eigenvalue weighted by Crippen LogP contribution is 2.30. The maximum atomic E-state index is 12.7. The van der Waals surface area contributed by atoms with Crippen LogP contribution in [0.2, 0.25) is 0 Å². The van der Waals surface area contributed by atoms with Crippen molar-refractivity contribution in [3.63, 3.8) is 0 Å². The molecule has 0 saturated carbocycles. The molecule has 7 nitrogen and oxygen atoms in total. The standard InChI is InChI=1S/C16H14F3N3O4S/c1-21(2)8-6-13(23)15-14(24)7-9-22(20-15)11-4-3-5-12(10-11)27(25,26)16(17,18)19/h3-10H,1-2H3. The van der Waals surface area contributed by atoms with Crippen LogP contribution in [-0.2, 0) is 9.84 Å². The highest BCUT2D eigenvalue weighted by molar-refractivity contribution is 7.92. The molecule has 0 amide bonds. The van der Waals surface area contributed by atoms with E-state index in [-0.39, 0.29) is 5.69 Å². The summed E-state index contributed by atoms with van der Waals surface area (Å²) in [6.07, 6.45) is 3.63. The lowest BCUT2D eigenvalue weighted by atomic mass is 10.2. The van der Waals surface area contributed by atoms with E-state index in [0.29, 0.717) is 0 Å². The number of benzene rings is 1. The molecule has 0 radical (unpaired) electrons. The van der Waals surface area contributed by atoms with Crippen molar-refractivity contribution in [3.8, 4) is 5.69 Å². The maximum Gasteiger partial charge on any atom is 0.501 e. The molecule has 144 valence electrons. The summed E-state index contributed by atoms with van der Waals surface area (Å²) in [5, 5.41) is 3.81. The Morgan fingerprint density at radius 2 is 1.89 bits per heavy atom. The number of hydrogen-bond acceptors (Lipinski definition) is 6. The largest absolute Gasteiger partial charge is 0.501 e. The molecule has 0 bridgehead atoms. The summed E-state index contributed by atoms with van der Waals surface area (Å²) in [6.45, 7) is 0. The summed E-state index contributed by atoms with van der Waals surface area (Å²) in [5.41, 5.74) is -6.66. The predicted octanol–water partition coefficient (Wildman–Crippen LogP) is 1.78. The summed E-state index contributed by atoms with van der Waals surface area (Å²) in [7, 11) is -2.23. The number of ketones is 1. The fourth-order valence-electron chi connectivity index (χ4n) is 1.94. The smallest absolute Gasteiger partial charge is 0.383 e. The minimum atomic E-state index is -5.55. The number of aromatic nitrogens is 2. The molecule has 11 heteroatoms. The summed E-state index contributed by atoms with van der Waals surface area (Å²) >= 11 is 0. The van der Waals surface area contributed by atoms with Gasteiger partial charge in [-0.3, -0.25) is 9.59 Å². The summed E-state index contributed by atoms with van der Waals surface area (Å²) in [5.74, 6) is -0.706. The molecule has 0 aliphatic heterocycles. The quantitative estimate of drug-likeness (QED) is 0.561. The monoisotopic (exact) mass is 401 g/mol. The van der Waals surface area contributed by atoms with Crippen LogP contribution in [0.15, 0.2) is 58.5 Å². The molecule has 1 aromatic carbocycles. The van der Waals surface area contributed by atoms with E-state index in [2.05, 4.69) is 5.10 Å². The lowest BCUT2D eigenvalue weighted by Crippen LogP contribution is -2.23. The zero-order chi connectivity index (χ0) is 20.4. The summed E-state index contributed by atoms with van der Waals surface area (Å²) in [6, 6.07) is 4.94. The van der Waals surface area contributed by atoms with Crippen molar-refractivity contribution in [1.82, 2.24) is 14.7 Å². The SMILES string of the molecule is CN(C)C=CC(=O)c1nn(-c2cccc(S(=O)(=O)C(F)(F)F)c2)ccc1=O. The van der Waals surface area contributed by atoms with Crippen LogP contribution in [0.5, 0.6) is 0 Å². The Morgan fingerprint density at radius 3 is 2.48 bits per heavy atom. The molecule has 2 rings (SSSR count). The molecule has 1 aromatic heterocycles. The minimum Gasteiger partial charge on any atom is -0.383 e. The first-order valence-corrected chi connectivity index (χ1v) is 8.82. The Bertz CT molecular complexity index is 1060. The zero-order valence-electron chi connectivity index (χ0n) is 14.1. The topological polar surface area (TPSA) is 89.3 Å². The van der Waals surface area contributed by atoms with Gasteiger partial charge < -0.3 is 4.90 Å². The number of rotatable bonds is 5. The van der Waals surface area contributed by atoms with Gasteiger partial charge in [-0.2, -0.15) is 18.3 Å². The molecule has 0 unspecified atom stereocenters. The molecule has 0 aliphatic rings. The second-order valence-corrected chi connectivity index (χ2v) is 7.50. The van der Waals surface area contributed by atoms with E-state index in [4.69, 9.17) is 0 Å². The molecule has 0 atom stereocenters. The molecular formula is C16H14F3N3O4S. The van der Waals surface area contributed by atoms with Crippen molar-refractivity contribution < 1.29 is 26.4 Å². The third kappa shape index (κ3) is 4.42. The Morgan fingerprint density at radius 1 is 1.22 bits per heavy atom. The van der Waals surface area contributed by atoms with E-state index in [9.17, 15) is 31.2 Å². The van der Waals surface area contributed by atoms with E-state index in [1.807, 2.05) is 0 Å². The molecule has 2 aromatic rings. The van der Waals surface area contributed by atoms with Gasteiger partial charge in [-0.25, -0.2) is 13.1 Å². The van der Waals surface area contributed by atoms with Crippen molar-refractivity contribution in [2.45, 2.75) is 10.4 Å². The summed E-state index contributed by atoms with van der Waals surface area (Å²) < 4.78 is 62.2. The normalized spacial score (nSPS) is 12.3. The van der Waals surface area contributed by atoms with Crippen molar-refractivity contribution in [2.24, 2.45) is 0 Å². The number of halogens is 3. The number of nitrogens with zero attached hydrogens (tertiary/aromatic N) is 3. The van der Waals surface area contributed by atoms with Gasteiger partial charge in [0.2, 0.25) is 11.2 Å². The molecule has 0 saturated heterocycles. The van der Waals surface area contributed by atoms with Crippen LogP contribution in [0.4, 0.5) is 13.2 Å². The fourth-order valence-corrected chi connectivity index (χ4v) is 2.75. The Balaban J connectivity index is 2.52. The van der Waals surface area contributed by atoms with E-state index in [1.165, 1.54) is 12.3 Å². The number of alkyl halides is 3. The van der Waals surface area contributed by atoms with Crippen molar-refractivity contribution in [1.29, 1.82) is 0 Å². The molecule has 27 heavy (non-hydrogen) atoms. The molecule has 0 N–H and O–H groups in total.